The Bertz CT molecular complexity index is 894. The second-order valence-electron chi connectivity index (χ2n) is 4.82. The topological polar surface area (TPSA) is 74.8 Å². The highest BCUT2D eigenvalue weighted by Crippen LogP contribution is 2.16. The smallest absolute Gasteiger partial charge is 0.282 e. The van der Waals surface area contributed by atoms with E-state index in [1.807, 2.05) is 36.4 Å². The quantitative estimate of drug-likeness (QED) is 0.571. The van der Waals surface area contributed by atoms with E-state index in [4.69, 9.17) is 9.52 Å². The van der Waals surface area contributed by atoms with E-state index >= 15 is 0 Å². The Morgan fingerprint density at radius 2 is 1.91 bits per heavy atom. The van der Waals surface area contributed by atoms with Gasteiger partial charge in [0.05, 0.1) is 0 Å². The molecule has 0 radical (unpaired) electrons. The summed E-state index contributed by atoms with van der Waals surface area (Å²) in [6.07, 6.45) is 4.64. The molecule has 0 saturated carbocycles. The number of nitrogens with one attached hydrogen (secondary N) is 1. The van der Waals surface area contributed by atoms with Crippen LogP contribution >= 0.6 is 0 Å². The molecule has 0 aliphatic heterocycles. The number of nitrogens with zero attached hydrogens (tertiary/aromatic N) is 1. The maximum absolute atomic E-state index is 12.0. The van der Waals surface area contributed by atoms with Crippen molar-refractivity contribution in [3.05, 3.63) is 72.0 Å². The predicted molar refractivity (Wildman–Crippen MR) is 89.3 cm³/mol. The molecule has 114 valence electrons. The maximum Gasteiger partial charge on any atom is 0.282 e. The molecule has 0 aliphatic carbocycles. The van der Waals surface area contributed by atoms with Crippen molar-refractivity contribution in [2.24, 2.45) is 5.10 Å². The van der Waals surface area contributed by atoms with E-state index in [1.54, 1.807) is 24.3 Å². The van der Waals surface area contributed by atoms with E-state index < -0.39 is 0 Å². The molecule has 3 rings (SSSR count). The summed E-state index contributed by atoms with van der Waals surface area (Å²) in [7, 11) is 0. The number of benzene rings is 2. The van der Waals surface area contributed by atoms with Crippen molar-refractivity contribution >= 4 is 29.0 Å². The highest BCUT2D eigenvalue weighted by molar-refractivity contribution is 5.98. The van der Waals surface area contributed by atoms with Crippen LogP contribution in [0.5, 0.6) is 5.95 Å². The molecule has 0 spiro atoms. The summed E-state index contributed by atoms with van der Waals surface area (Å²) in [6.45, 7) is 0. The van der Waals surface area contributed by atoms with Gasteiger partial charge in [-0.15, -0.1) is 0 Å². The monoisotopic (exact) mass is 306 g/mol. The zero-order valence-corrected chi connectivity index (χ0v) is 12.1. The minimum Gasteiger partial charge on any atom is -0.481 e. The van der Waals surface area contributed by atoms with Gasteiger partial charge in [0.25, 0.3) is 11.9 Å². The SMILES string of the molecule is O=C(N/N=C/C=C/c1ccc(O)o1)c1ccc2ccccc2c1. The van der Waals surface area contributed by atoms with Crippen LogP contribution in [0.2, 0.25) is 0 Å². The Labute approximate surface area is 132 Å². The number of aromatic hydroxyl groups is 1. The van der Waals surface area contributed by atoms with Crippen molar-refractivity contribution in [3.8, 4) is 5.95 Å². The van der Waals surface area contributed by atoms with Gasteiger partial charge in [-0.2, -0.15) is 5.10 Å². The zero-order valence-electron chi connectivity index (χ0n) is 12.1. The average Bonchev–Trinajstić information content (AvgIpc) is 2.99. The maximum atomic E-state index is 12.0. The van der Waals surface area contributed by atoms with Crippen LogP contribution < -0.4 is 5.43 Å². The van der Waals surface area contributed by atoms with Gasteiger partial charge in [0.15, 0.2) is 0 Å². The molecular formula is C18H14N2O3. The second-order valence-corrected chi connectivity index (χ2v) is 4.82. The van der Waals surface area contributed by atoms with Gasteiger partial charge in [-0.25, -0.2) is 5.43 Å². The number of carbonyl (C=O) groups excluding carboxylic acids is 1. The number of amides is 1. The number of hydrogen-bond donors (Lipinski definition) is 2. The molecule has 3 aromatic rings. The highest BCUT2D eigenvalue weighted by atomic mass is 16.5. The van der Waals surface area contributed by atoms with Crippen LogP contribution in [0.15, 0.2) is 70.2 Å². The molecule has 5 nitrogen and oxygen atoms in total. The Morgan fingerprint density at radius 3 is 2.70 bits per heavy atom. The number of carbonyl (C=O) groups is 1. The molecule has 2 aromatic carbocycles. The zero-order chi connectivity index (χ0) is 16.1. The van der Waals surface area contributed by atoms with Gasteiger partial charge < -0.3 is 9.52 Å². The number of rotatable bonds is 4. The van der Waals surface area contributed by atoms with Crippen LogP contribution in [0.1, 0.15) is 16.1 Å². The van der Waals surface area contributed by atoms with Gasteiger partial charge in [-0.1, -0.05) is 30.3 Å². The highest BCUT2D eigenvalue weighted by Gasteiger charge is 2.04. The number of hydrogen-bond acceptors (Lipinski definition) is 4. The molecule has 5 heteroatoms. The summed E-state index contributed by atoms with van der Waals surface area (Å²) >= 11 is 0. The van der Waals surface area contributed by atoms with Crippen molar-refractivity contribution in [1.82, 2.24) is 5.43 Å². The summed E-state index contributed by atoms with van der Waals surface area (Å²) in [5.41, 5.74) is 3.00. The Morgan fingerprint density at radius 1 is 1.09 bits per heavy atom. The van der Waals surface area contributed by atoms with E-state index in [2.05, 4.69) is 10.5 Å². The van der Waals surface area contributed by atoms with Crippen molar-refractivity contribution in [2.75, 3.05) is 0 Å². The van der Waals surface area contributed by atoms with E-state index in [1.165, 1.54) is 12.3 Å². The first kappa shape index (κ1) is 14.6. The average molecular weight is 306 g/mol. The van der Waals surface area contributed by atoms with Gasteiger partial charge in [-0.3, -0.25) is 4.79 Å². The third-order valence-electron chi connectivity index (χ3n) is 3.21. The van der Waals surface area contributed by atoms with Crippen LogP contribution in [-0.4, -0.2) is 17.2 Å². The second kappa shape index (κ2) is 6.62. The fourth-order valence-electron chi connectivity index (χ4n) is 2.10. The van der Waals surface area contributed by atoms with Crippen LogP contribution in [0.25, 0.3) is 16.8 Å². The first-order chi connectivity index (χ1) is 11.2. The standard InChI is InChI=1S/C18H14N2O3/c21-17-10-9-16(23-17)6-3-11-19-20-18(22)15-8-7-13-4-1-2-5-14(13)12-15/h1-12,21H,(H,20,22)/b6-3+,19-11+. The summed E-state index contributed by atoms with van der Waals surface area (Å²) in [5.74, 6) is 0.0667. The lowest BCUT2D eigenvalue weighted by Crippen LogP contribution is -2.17. The van der Waals surface area contributed by atoms with Crippen molar-refractivity contribution < 1.29 is 14.3 Å². The summed E-state index contributed by atoms with van der Waals surface area (Å²) in [6, 6.07) is 16.4. The molecule has 2 N–H and O–H groups in total. The predicted octanol–water partition coefficient (Wildman–Crippen LogP) is 3.57. The molecule has 0 atom stereocenters. The molecule has 0 unspecified atom stereocenters. The summed E-state index contributed by atoms with van der Waals surface area (Å²) in [5, 5.41) is 15.0. The van der Waals surface area contributed by atoms with Crippen LogP contribution in [0.3, 0.4) is 0 Å². The molecule has 1 heterocycles. The lowest BCUT2D eigenvalue weighted by Gasteiger charge is -2.02. The van der Waals surface area contributed by atoms with Gasteiger partial charge in [-0.05, 0) is 41.1 Å². The fraction of sp³-hybridized carbons (Fsp3) is 0. The number of furan rings is 1. The molecule has 0 fully saturated rings. The lowest BCUT2D eigenvalue weighted by atomic mass is 10.1. The van der Waals surface area contributed by atoms with E-state index in [-0.39, 0.29) is 11.9 Å². The summed E-state index contributed by atoms with van der Waals surface area (Å²) < 4.78 is 4.94. The van der Waals surface area contributed by atoms with Gasteiger partial charge in [0.1, 0.15) is 5.76 Å². The van der Waals surface area contributed by atoms with Gasteiger partial charge >= 0.3 is 0 Å². The Hall–Kier alpha value is -3.34. The molecule has 0 saturated heterocycles. The number of hydrazone groups is 1. The number of allylic oxidation sites excluding steroid dienone is 1. The van der Waals surface area contributed by atoms with E-state index in [0.29, 0.717) is 11.3 Å². The first-order valence-electron chi connectivity index (χ1n) is 7.00. The van der Waals surface area contributed by atoms with E-state index in [9.17, 15) is 4.79 Å². The Balaban J connectivity index is 1.61. The van der Waals surface area contributed by atoms with Crippen LogP contribution in [0, 0.1) is 0 Å². The van der Waals surface area contributed by atoms with Crippen molar-refractivity contribution in [1.29, 1.82) is 0 Å². The molecule has 0 aliphatic rings. The third kappa shape index (κ3) is 3.65. The van der Waals surface area contributed by atoms with E-state index in [0.717, 1.165) is 10.8 Å². The van der Waals surface area contributed by atoms with Gasteiger partial charge in [0.2, 0.25) is 0 Å². The minimum atomic E-state index is -0.281. The van der Waals surface area contributed by atoms with Crippen LogP contribution in [0.4, 0.5) is 0 Å². The molecular weight excluding hydrogens is 292 g/mol. The first-order valence-corrected chi connectivity index (χ1v) is 7.00. The van der Waals surface area contributed by atoms with Crippen molar-refractivity contribution in [3.63, 3.8) is 0 Å². The molecule has 23 heavy (non-hydrogen) atoms. The molecule has 0 bridgehead atoms. The van der Waals surface area contributed by atoms with Gasteiger partial charge in [0, 0.05) is 17.8 Å². The number of fused-ring (bicyclic) bond motifs is 1. The minimum absolute atomic E-state index is 0.147. The Kier molecular flexibility index (Phi) is 4.20. The molecule has 1 aromatic heterocycles. The fourth-order valence-corrected chi connectivity index (χ4v) is 2.10. The normalized spacial score (nSPS) is 11.5. The lowest BCUT2D eigenvalue weighted by molar-refractivity contribution is 0.0955. The largest absolute Gasteiger partial charge is 0.481 e. The van der Waals surface area contributed by atoms with Crippen LogP contribution in [-0.2, 0) is 0 Å². The molecule has 1 amide bonds. The van der Waals surface area contributed by atoms with Crippen molar-refractivity contribution in [2.45, 2.75) is 0 Å². The summed E-state index contributed by atoms with van der Waals surface area (Å²) in [4.78, 5) is 12.0. The third-order valence-corrected chi connectivity index (χ3v) is 3.21.